The van der Waals surface area contributed by atoms with E-state index in [0.29, 0.717) is 18.4 Å². The number of aromatic carboxylic acids is 1. The van der Waals surface area contributed by atoms with Gasteiger partial charge in [0.05, 0.1) is 0 Å². The van der Waals surface area contributed by atoms with Gasteiger partial charge in [-0.2, -0.15) is 0 Å². The Morgan fingerprint density at radius 2 is 1.89 bits per heavy atom. The molecule has 27 heavy (non-hydrogen) atoms. The molecule has 0 aliphatic heterocycles. The third-order valence-electron chi connectivity index (χ3n) is 5.00. The molecule has 1 atom stereocenters. The number of rotatable bonds is 5. The second-order valence-electron chi connectivity index (χ2n) is 6.76. The number of carboxylic acid groups (broad SMARTS) is 1. The van der Waals surface area contributed by atoms with E-state index >= 15 is 0 Å². The summed E-state index contributed by atoms with van der Waals surface area (Å²) in [5, 5.41) is 10.9. The number of hydrogen-bond acceptors (Lipinski definition) is 3. The highest BCUT2D eigenvalue weighted by Crippen LogP contribution is 2.37. The summed E-state index contributed by atoms with van der Waals surface area (Å²) in [5.41, 5.74) is 5.10. The van der Waals surface area contributed by atoms with Crippen molar-refractivity contribution < 1.29 is 19.1 Å². The molecule has 0 saturated carbocycles. The van der Waals surface area contributed by atoms with Gasteiger partial charge in [-0.25, -0.2) is 9.18 Å². The number of thiophene rings is 1. The molecule has 1 N–H and O–H groups in total. The van der Waals surface area contributed by atoms with Gasteiger partial charge in [-0.1, -0.05) is 36.4 Å². The topological polar surface area (TPSA) is 54.4 Å². The van der Waals surface area contributed by atoms with Gasteiger partial charge in [-0.3, -0.25) is 4.79 Å². The average molecular weight is 380 g/mol. The number of alkyl halides is 1. The molecule has 1 aliphatic carbocycles. The van der Waals surface area contributed by atoms with Crippen molar-refractivity contribution in [1.82, 2.24) is 0 Å². The number of carbonyl (C=O) groups excluding carboxylic acids is 1. The average Bonchev–Trinajstić information content (AvgIpc) is 3.27. The first kappa shape index (κ1) is 17.6. The maximum Gasteiger partial charge on any atom is 0.345 e. The molecular weight excluding hydrogens is 363 g/mol. The normalized spacial score (nSPS) is 15.7. The van der Waals surface area contributed by atoms with Crippen molar-refractivity contribution in [3.63, 3.8) is 0 Å². The van der Waals surface area contributed by atoms with Gasteiger partial charge in [-0.05, 0) is 58.2 Å². The van der Waals surface area contributed by atoms with E-state index in [1.165, 1.54) is 11.3 Å². The van der Waals surface area contributed by atoms with E-state index in [1.807, 2.05) is 41.8 Å². The van der Waals surface area contributed by atoms with Crippen molar-refractivity contribution in [2.24, 2.45) is 5.92 Å². The molecule has 0 saturated heterocycles. The molecule has 3 nitrogen and oxygen atoms in total. The highest BCUT2D eigenvalue weighted by molar-refractivity contribution is 7.12. The molecule has 1 aromatic heterocycles. The molecule has 1 unspecified atom stereocenters. The molecule has 4 rings (SSSR count). The third-order valence-corrected chi connectivity index (χ3v) is 5.97. The predicted octanol–water partition coefficient (Wildman–Crippen LogP) is 5.18. The van der Waals surface area contributed by atoms with E-state index in [4.69, 9.17) is 5.11 Å². The molecule has 136 valence electrons. The van der Waals surface area contributed by atoms with Gasteiger partial charge in [0.25, 0.3) is 0 Å². The Morgan fingerprint density at radius 3 is 2.63 bits per heavy atom. The van der Waals surface area contributed by atoms with Crippen molar-refractivity contribution in [2.45, 2.75) is 19.5 Å². The largest absolute Gasteiger partial charge is 0.477 e. The lowest BCUT2D eigenvalue weighted by Gasteiger charge is -2.09. The number of halogens is 1. The van der Waals surface area contributed by atoms with E-state index in [0.717, 1.165) is 27.8 Å². The van der Waals surface area contributed by atoms with Crippen molar-refractivity contribution in [3.8, 4) is 11.1 Å². The van der Waals surface area contributed by atoms with Crippen LogP contribution in [0.2, 0.25) is 0 Å². The predicted molar refractivity (Wildman–Crippen MR) is 103 cm³/mol. The summed E-state index contributed by atoms with van der Waals surface area (Å²) in [7, 11) is 0. The van der Waals surface area contributed by atoms with Crippen molar-refractivity contribution >= 4 is 23.1 Å². The van der Waals surface area contributed by atoms with Gasteiger partial charge < -0.3 is 5.11 Å². The second kappa shape index (κ2) is 7.08. The van der Waals surface area contributed by atoms with Gasteiger partial charge >= 0.3 is 5.97 Å². The summed E-state index contributed by atoms with van der Waals surface area (Å²) in [6.45, 7) is -0.519. The number of carbonyl (C=O) groups is 2. The van der Waals surface area contributed by atoms with Gasteiger partial charge in [0.2, 0.25) is 0 Å². The Kier molecular flexibility index (Phi) is 4.62. The van der Waals surface area contributed by atoms with E-state index < -0.39 is 12.6 Å². The lowest BCUT2D eigenvalue weighted by Crippen LogP contribution is -2.11. The molecule has 1 aliphatic rings. The van der Waals surface area contributed by atoms with Crippen LogP contribution in [0.4, 0.5) is 4.39 Å². The van der Waals surface area contributed by atoms with Crippen LogP contribution in [0.25, 0.3) is 11.1 Å². The maximum absolute atomic E-state index is 13.0. The Labute approximate surface area is 160 Å². The molecule has 5 heteroatoms. The zero-order valence-electron chi connectivity index (χ0n) is 14.4. The lowest BCUT2D eigenvalue weighted by atomic mass is 9.94. The number of benzene rings is 2. The van der Waals surface area contributed by atoms with E-state index in [-0.39, 0.29) is 16.6 Å². The molecule has 0 fully saturated rings. The molecule has 3 aromatic rings. The standard InChI is InChI=1S/C22H17FO3S/c23-11-13-3-1-4-15(7-13)17-5-2-6-18-19(17)10-16(21(18)24)8-14-9-20(22(25)26)27-12-14/h1-7,9,12,16H,8,10-11H2,(H,25,26). The van der Waals surface area contributed by atoms with Gasteiger partial charge in [-0.15, -0.1) is 11.3 Å². The number of ketones is 1. The number of carboxylic acids is 1. The van der Waals surface area contributed by atoms with Crippen LogP contribution in [0.5, 0.6) is 0 Å². The zero-order valence-corrected chi connectivity index (χ0v) is 15.3. The molecule has 2 aromatic carbocycles. The van der Waals surface area contributed by atoms with Crippen molar-refractivity contribution in [3.05, 3.63) is 81.0 Å². The van der Waals surface area contributed by atoms with Crippen LogP contribution in [-0.2, 0) is 19.5 Å². The molecule has 0 bridgehead atoms. The van der Waals surface area contributed by atoms with Crippen LogP contribution in [0, 0.1) is 5.92 Å². The number of Topliss-reactive ketones (excluding diaryl/α,β-unsaturated/α-hetero) is 1. The van der Waals surface area contributed by atoms with Crippen molar-refractivity contribution in [2.75, 3.05) is 0 Å². The summed E-state index contributed by atoms with van der Waals surface area (Å²) < 4.78 is 13.0. The second-order valence-corrected chi connectivity index (χ2v) is 7.67. The first-order valence-electron chi connectivity index (χ1n) is 8.69. The van der Waals surface area contributed by atoms with Crippen molar-refractivity contribution in [1.29, 1.82) is 0 Å². The molecular formula is C22H17FO3S. The van der Waals surface area contributed by atoms with E-state index in [1.54, 1.807) is 12.1 Å². The zero-order chi connectivity index (χ0) is 19.0. The minimum atomic E-state index is -0.942. The van der Waals surface area contributed by atoms with Crippen LogP contribution >= 0.6 is 11.3 Å². The Bertz CT molecular complexity index is 1040. The number of fused-ring (bicyclic) bond motifs is 1. The minimum Gasteiger partial charge on any atom is -0.477 e. The van der Waals surface area contributed by atoms with Crippen LogP contribution in [0.3, 0.4) is 0 Å². The first-order chi connectivity index (χ1) is 13.1. The summed E-state index contributed by atoms with van der Waals surface area (Å²) in [4.78, 5) is 24.2. The number of hydrogen-bond donors (Lipinski definition) is 1. The highest BCUT2D eigenvalue weighted by atomic mass is 32.1. The van der Waals surface area contributed by atoms with E-state index in [2.05, 4.69) is 0 Å². The Morgan fingerprint density at radius 1 is 1.11 bits per heavy atom. The quantitative estimate of drug-likeness (QED) is 0.663. The van der Waals surface area contributed by atoms with Crippen LogP contribution in [0.15, 0.2) is 53.9 Å². The monoisotopic (exact) mass is 380 g/mol. The first-order valence-corrected chi connectivity index (χ1v) is 9.57. The lowest BCUT2D eigenvalue weighted by molar-refractivity contribution is 0.0702. The Hall–Kier alpha value is -2.79. The molecule has 0 amide bonds. The summed E-state index contributed by atoms with van der Waals surface area (Å²) in [6.07, 6.45) is 1.14. The van der Waals surface area contributed by atoms with Gasteiger partial charge in [0, 0.05) is 11.5 Å². The Balaban J connectivity index is 1.64. The minimum absolute atomic E-state index is 0.0940. The fraction of sp³-hybridized carbons (Fsp3) is 0.182. The maximum atomic E-state index is 13.0. The van der Waals surface area contributed by atoms with Crippen LogP contribution in [-0.4, -0.2) is 16.9 Å². The summed E-state index contributed by atoms with van der Waals surface area (Å²) in [6, 6.07) is 14.7. The summed E-state index contributed by atoms with van der Waals surface area (Å²) >= 11 is 1.18. The van der Waals surface area contributed by atoms with Crippen LogP contribution < -0.4 is 0 Å². The fourth-order valence-electron chi connectivity index (χ4n) is 3.73. The summed E-state index contributed by atoms with van der Waals surface area (Å²) in [5.74, 6) is -1.04. The molecule has 0 radical (unpaired) electrons. The fourth-order valence-corrected chi connectivity index (χ4v) is 4.50. The van der Waals surface area contributed by atoms with E-state index in [9.17, 15) is 14.0 Å². The molecule has 0 spiro atoms. The van der Waals surface area contributed by atoms with Crippen LogP contribution in [0.1, 0.15) is 36.7 Å². The van der Waals surface area contributed by atoms with Gasteiger partial charge in [0.15, 0.2) is 5.78 Å². The third kappa shape index (κ3) is 3.30. The smallest absolute Gasteiger partial charge is 0.345 e. The SMILES string of the molecule is O=C(O)c1cc(CC2Cc3c(cccc3-c3cccc(CF)c3)C2=O)cs1. The van der Waals surface area contributed by atoms with Gasteiger partial charge in [0.1, 0.15) is 11.6 Å². The molecule has 1 heterocycles. The highest BCUT2D eigenvalue weighted by Gasteiger charge is 2.32.